The van der Waals surface area contributed by atoms with E-state index >= 15 is 0 Å². The second kappa shape index (κ2) is 68.3. The maximum atomic E-state index is 13.0. The predicted molar refractivity (Wildman–Crippen MR) is 348 cm³/mol. The topological polar surface area (TPSA) is 78.9 Å². The summed E-state index contributed by atoms with van der Waals surface area (Å²) in [6.45, 7) is 6.64. The van der Waals surface area contributed by atoms with Gasteiger partial charge in [0.25, 0.3) is 0 Å². The maximum absolute atomic E-state index is 13.0. The van der Waals surface area contributed by atoms with Gasteiger partial charge >= 0.3 is 17.9 Å². The van der Waals surface area contributed by atoms with Gasteiger partial charge in [0.05, 0.1) is 0 Å². The minimum atomic E-state index is -0.787. The molecule has 0 fully saturated rings. The normalized spacial score (nSPS) is 12.5. The number of ether oxygens (including phenoxy) is 3. The lowest BCUT2D eigenvalue weighted by Gasteiger charge is -2.18. The van der Waals surface area contributed by atoms with Crippen molar-refractivity contribution >= 4 is 17.9 Å². The van der Waals surface area contributed by atoms with Gasteiger partial charge in [-0.05, 0) is 116 Å². The number of rotatable bonds is 64. The third-order valence-electron chi connectivity index (χ3n) is 15.4. The summed E-state index contributed by atoms with van der Waals surface area (Å²) in [5.74, 6) is -0.885. The molecule has 0 radical (unpaired) electrons. The molecule has 0 aliphatic rings. The van der Waals surface area contributed by atoms with Crippen molar-refractivity contribution in [3.63, 3.8) is 0 Å². The van der Waals surface area contributed by atoms with E-state index in [0.717, 1.165) is 96.3 Å². The molecule has 0 amide bonds. The van der Waals surface area contributed by atoms with E-state index in [1.807, 2.05) is 0 Å². The number of hydrogen-bond donors (Lipinski definition) is 0. The van der Waals surface area contributed by atoms with Crippen molar-refractivity contribution in [3.05, 3.63) is 72.9 Å². The molecular weight excluding hydrogens is 985 g/mol. The SMILES string of the molecule is CCCCCC/C=C\C/C=C\CCCCCCCC(=O)OCC(COC(=O)CCCCCCCCCC/C=C\C/C=C\C/C=C\CCCCCCC)OC(=O)CCCCCCCCCCCCC/C=C\CCCCCCCCCC. The lowest BCUT2D eigenvalue weighted by atomic mass is 10.0. The molecule has 0 rings (SSSR count). The molecule has 1 atom stereocenters. The Morgan fingerprint density at radius 2 is 0.450 bits per heavy atom. The Balaban J connectivity index is 4.36. The zero-order valence-electron chi connectivity index (χ0n) is 53.3. The van der Waals surface area contributed by atoms with Crippen LogP contribution in [0.3, 0.4) is 0 Å². The van der Waals surface area contributed by atoms with Crippen LogP contribution in [0, 0.1) is 0 Å². The minimum Gasteiger partial charge on any atom is -0.462 e. The van der Waals surface area contributed by atoms with Gasteiger partial charge in [-0.15, -0.1) is 0 Å². The predicted octanol–water partition coefficient (Wildman–Crippen LogP) is 24.1. The van der Waals surface area contributed by atoms with Gasteiger partial charge in [0.1, 0.15) is 13.2 Å². The summed E-state index contributed by atoms with van der Waals surface area (Å²) in [5.41, 5.74) is 0. The van der Waals surface area contributed by atoms with E-state index < -0.39 is 6.10 Å². The molecule has 0 N–H and O–H groups in total. The molecule has 464 valence electrons. The van der Waals surface area contributed by atoms with E-state index in [1.165, 1.54) is 225 Å². The van der Waals surface area contributed by atoms with Crippen LogP contribution in [0.5, 0.6) is 0 Å². The van der Waals surface area contributed by atoms with E-state index in [1.54, 1.807) is 0 Å². The Labute approximate surface area is 497 Å². The first-order chi connectivity index (χ1) is 39.5. The monoisotopic (exact) mass is 1120 g/mol. The molecule has 6 heteroatoms. The molecule has 0 aliphatic carbocycles. The van der Waals surface area contributed by atoms with Gasteiger partial charge in [-0.25, -0.2) is 0 Å². The van der Waals surface area contributed by atoms with Crippen LogP contribution in [0.1, 0.15) is 361 Å². The average Bonchev–Trinajstić information content (AvgIpc) is 3.46. The number of carbonyl (C=O) groups is 3. The largest absolute Gasteiger partial charge is 0.462 e. The maximum Gasteiger partial charge on any atom is 0.306 e. The molecule has 0 saturated carbocycles. The van der Waals surface area contributed by atoms with E-state index in [4.69, 9.17) is 14.2 Å². The van der Waals surface area contributed by atoms with Crippen molar-refractivity contribution in [1.82, 2.24) is 0 Å². The van der Waals surface area contributed by atoms with E-state index in [0.29, 0.717) is 19.3 Å². The van der Waals surface area contributed by atoms with Gasteiger partial charge in [0, 0.05) is 19.3 Å². The van der Waals surface area contributed by atoms with E-state index in [2.05, 4.69) is 93.7 Å². The van der Waals surface area contributed by atoms with Crippen LogP contribution in [0.15, 0.2) is 72.9 Å². The standard InChI is InChI=1S/C74H132O6/c1-4-7-10-13-16-19-22-25-28-31-33-35-37-39-41-43-46-49-52-55-58-61-64-67-73(76)79-70-71(69-78-72(75)66-63-60-57-54-51-48-45-30-27-24-21-18-15-12-9-6-3)80-74(77)68-65-62-59-56-53-50-47-44-42-40-38-36-34-32-29-26-23-20-17-14-11-8-5-2/h21-22,24-25,30-34,37,39,45,71H,4-20,23,26-29,35-36,38,40-44,46-70H2,1-3H3/b24-21-,25-22-,33-31-,34-32-,39-37-,45-30-. The molecule has 0 bridgehead atoms. The zero-order chi connectivity index (χ0) is 57.8. The third kappa shape index (κ3) is 65.7. The summed E-state index contributed by atoms with van der Waals surface area (Å²) in [4.78, 5) is 38.4. The quantitative estimate of drug-likeness (QED) is 0.0261. The molecule has 0 saturated heterocycles. The Kier molecular flexibility index (Phi) is 65.7. The van der Waals surface area contributed by atoms with Gasteiger partial charge in [-0.3, -0.25) is 14.4 Å². The summed E-state index contributed by atoms with van der Waals surface area (Å²) < 4.78 is 17.0. The van der Waals surface area contributed by atoms with Crippen LogP contribution < -0.4 is 0 Å². The van der Waals surface area contributed by atoms with Crippen LogP contribution in [0.25, 0.3) is 0 Å². The van der Waals surface area contributed by atoms with Crippen molar-refractivity contribution in [1.29, 1.82) is 0 Å². The fourth-order valence-corrected chi connectivity index (χ4v) is 10.1. The van der Waals surface area contributed by atoms with Gasteiger partial charge in [-0.1, -0.05) is 299 Å². The highest BCUT2D eigenvalue weighted by Crippen LogP contribution is 2.17. The number of hydrogen-bond acceptors (Lipinski definition) is 6. The number of allylic oxidation sites excluding steroid dienone is 12. The fourth-order valence-electron chi connectivity index (χ4n) is 10.1. The fraction of sp³-hybridized carbons (Fsp3) is 0.797. The molecule has 6 nitrogen and oxygen atoms in total. The molecule has 0 aliphatic heterocycles. The van der Waals surface area contributed by atoms with Gasteiger partial charge < -0.3 is 14.2 Å². The Morgan fingerprint density at radius 1 is 0.250 bits per heavy atom. The first-order valence-electron chi connectivity index (χ1n) is 34.9. The smallest absolute Gasteiger partial charge is 0.306 e. The Morgan fingerprint density at radius 3 is 0.725 bits per heavy atom. The summed E-state index contributed by atoms with van der Waals surface area (Å²) in [6.07, 6.45) is 89.1. The van der Waals surface area contributed by atoms with Crippen LogP contribution in [0.4, 0.5) is 0 Å². The average molecular weight is 1120 g/mol. The minimum absolute atomic E-state index is 0.0824. The van der Waals surface area contributed by atoms with Crippen molar-refractivity contribution < 1.29 is 28.6 Å². The van der Waals surface area contributed by atoms with Crippen LogP contribution in [-0.4, -0.2) is 37.2 Å². The summed E-state index contributed by atoms with van der Waals surface area (Å²) in [5, 5.41) is 0. The Hall–Kier alpha value is -3.15. The van der Waals surface area contributed by atoms with Crippen molar-refractivity contribution in [2.24, 2.45) is 0 Å². The molecular formula is C74H132O6. The highest BCUT2D eigenvalue weighted by Gasteiger charge is 2.19. The van der Waals surface area contributed by atoms with Crippen LogP contribution in [-0.2, 0) is 28.6 Å². The van der Waals surface area contributed by atoms with Crippen molar-refractivity contribution in [2.75, 3.05) is 13.2 Å². The second-order valence-corrected chi connectivity index (χ2v) is 23.4. The zero-order valence-corrected chi connectivity index (χ0v) is 53.3. The number of unbranched alkanes of at least 4 members (excludes halogenated alkanes) is 41. The molecule has 80 heavy (non-hydrogen) atoms. The van der Waals surface area contributed by atoms with Crippen molar-refractivity contribution in [2.45, 2.75) is 367 Å². The summed E-state index contributed by atoms with van der Waals surface area (Å²) >= 11 is 0. The number of carbonyl (C=O) groups excluding carboxylic acids is 3. The Bertz CT molecular complexity index is 1470. The van der Waals surface area contributed by atoms with Gasteiger partial charge in [0.15, 0.2) is 6.10 Å². The van der Waals surface area contributed by atoms with E-state index in [-0.39, 0.29) is 31.1 Å². The van der Waals surface area contributed by atoms with Gasteiger partial charge in [-0.2, -0.15) is 0 Å². The summed E-state index contributed by atoms with van der Waals surface area (Å²) in [6, 6.07) is 0. The highest BCUT2D eigenvalue weighted by molar-refractivity contribution is 5.71. The molecule has 0 spiro atoms. The van der Waals surface area contributed by atoms with E-state index in [9.17, 15) is 14.4 Å². The van der Waals surface area contributed by atoms with Crippen molar-refractivity contribution in [3.8, 4) is 0 Å². The van der Waals surface area contributed by atoms with Gasteiger partial charge in [0.2, 0.25) is 0 Å². The molecule has 0 aromatic carbocycles. The summed E-state index contributed by atoms with van der Waals surface area (Å²) in [7, 11) is 0. The first kappa shape index (κ1) is 76.9. The molecule has 0 aromatic rings. The lowest BCUT2D eigenvalue weighted by Crippen LogP contribution is -2.30. The van der Waals surface area contributed by atoms with Crippen LogP contribution >= 0.6 is 0 Å². The molecule has 1 unspecified atom stereocenters. The second-order valence-electron chi connectivity index (χ2n) is 23.4. The lowest BCUT2D eigenvalue weighted by molar-refractivity contribution is -0.167. The van der Waals surface area contributed by atoms with Crippen LogP contribution in [0.2, 0.25) is 0 Å². The number of esters is 3. The highest BCUT2D eigenvalue weighted by atomic mass is 16.6. The third-order valence-corrected chi connectivity index (χ3v) is 15.4. The molecule has 0 aromatic heterocycles. The molecule has 0 heterocycles. The first-order valence-corrected chi connectivity index (χ1v) is 34.9.